The molecule has 0 spiro atoms. The third-order valence-electron chi connectivity index (χ3n) is 4.55. The predicted octanol–water partition coefficient (Wildman–Crippen LogP) is 2.65. The summed E-state index contributed by atoms with van der Waals surface area (Å²) in [6.45, 7) is -0.0703. The zero-order valence-corrected chi connectivity index (χ0v) is 15.3. The summed E-state index contributed by atoms with van der Waals surface area (Å²) >= 11 is 0. The van der Waals surface area contributed by atoms with Gasteiger partial charge in [-0.15, -0.1) is 0 Å². The van der Waals surface area contributed by atoms with Crippen LogP contribution in [0.2, 0.25) is 0 Å². The fraction of sp³-hybridized carbons (Fsp3) is 0.238. The van der Waals surface area contributed by atoms with Crippen LogP contribution in [0.4, 0.5) is 5.69 Å². The number of anilines is 1. The zero-order valence-electron chi connectivity index (χ0n) is 15.3. The average Bonchev–Trinajstić information content (AvgIpc) is 3.45. The maximum atomic E-state index is 12.1. The van der Waals surface area contributed by atoms with Crippen molar-refractivity contribution in [2.75, 3.05) is 11.9 Å². The summed E-state index contributed by atoms with van der Waals surface area (Å²) in [6, 6.07) is 16.7. The van der Waals surface area contributed by atoms with Gasteiger partial charge in [0, 0.05) is 17.2 Å². The third-order valence-corrected chi connectivity index (χ3v) is 4.55. The summed E-state index contributed by atoms with van der Waals surface area (Å²) in [5.74, 6) is 1.67. The number of rotatable bonds is 7. The Labute approximate surface area is 162 Å². The van der Waals surface area contributed by atoms with E-state index in [1.165, 1.54) is 12.8 Å². The lowest BCUT2D eigenvalue weighted by Crippen LogP contribution is -2.33. The zero-order chi connectivity index (χ0) is 19.3. The first-order chi connectivity index (χ1) is 13.7. The number of aromatic amines is 1. The van der Waals surface area contributed by atoms with E-state index in [0.29, 0.717) is 17.4 Å². The van der Waals surface area contributed by atoms with Crippen LogP contribution in [0.25, 0.3) is 11.4 Å². The summed E-state index contributed by atoms with van der Waals surface area (Å²) in [7, 11) is 0. The van der Waals surface area contributed by atoms with Gasteiger partial charge in [0.2, 0.25) is 11.8 Å². The summed E-state index contributed by atoms with van der Waals surface area (Å²) in [6.07, 6.45) is 2.59. The van der Waals surface area contributed by atoms with Crippen molar-refractivity contribution in [1.82, 2.24) is 20.5 Å². The van der Waals surface area contributed by atoms with Crippen LogP contribution in [-0.2, 0) is 16.0 Å². The number of nitrogens with one attached hydrogen (secondary N) is 3. The Hall–Kier alpha value is -3.48. The Kier molecular flexibility index (Phi) is 5.14. The molecule has 1 aromatic heterocycles. The van der Waals surface area contributed by atoms with Gasteiger partial charge in [-0.3, -0.25) is 14.7 Å². The van der Waals surface area contributed by atoms with Crippen molar-refractivity contribution < 1.29 is 9.59 Å². The quantitative estimate of drug-likeness (QED) is 0.591. The summed E-state index contributed by atoms with van der Waals surface area (Å²) < 4.78 is 0. The molecule has 7 nitrogen and oxygen atoms in total. The number of benzene rings is 2. The highest BCUT2D eigenvalue weighted by Crippen LogP contribution is 2.38. The monoisotopic (exact) mass is 375 g/mol. The first-order valence-corrected chi connectivity index (χ1v) is 9.30. The van der Waals surface area contributed by atoms with Crippen LogP contribution in [0.1, 0.15) is 30.1 Å². The highest BCUT2D eigenvalue weighted by molar-refractivity contribution is 5.94. The van der Waals surface area contributed by atoms with Gasteiger partial charge in [-0.25, -0.2) is 4.98 Å². The number of hydrogen-bond acceptors (Lipinski definition) is 4. The molecule has 0 aliphatic heterocycles. The van der Waals surface area contributed by atoms with Crippen molar-refractivity contribution in [3.05, 3.63) is 66.0 Å². The second-order valence-electron chi connectivity index (χ2n) is 6.88. The maximum Gasteiger partial charge on any atom is 0.243 e. The number of H-pyrrole nitrogens is 1. The SMILES string of the molecule is O=C(Cc1ccccc1)NCC(=O)Nc1ccc(-c2n[nH]c(C3CC3)n2)cc1. The van der Waals surface area contributed by atoms with Gasteiger partial charge in [-0.05, 0) is 42.7 Å². The Balaban J connectivity index is 1.26. The van der Waals surface area contributed by atoms with Crippen LogP contribution in [0.5, 0.6) is 0 Å². The first-order valence-electron chi connectivity index (χ1n) is 9.30. The predicted molar refractivity (Wildman–Crippen MR) is 106 cm³/mol. The van der Waals surface area contributed by atoms with Gasteiger partial charge in [0.1, 0.15) is 5.82 Å². The number of carbonyl (C=O) groups is 2. The topological polar surface area (TPSA) is 99.8 Å². The van der Waals surface area contributed by atoms with E-state index in [1.807, 2.05) is 42.5 Å². The lowest BCUT2D eigenvalue weighted by atomic mass is 10.1. The molecule has 3 aromatic rings. The molecule has 2 amide bonds. The van der Waals surface area contributed by atoms with Gasteiger partial charge in [-0.2, -0.15) is 5.10 Å². The van der Waals surface area contributed by atoms with E-state index in [1.54, 1.807) is 12.1 Å². The molecule has 0 saturated heterocycles. The van der Waals surface area contributed by atoms with Crippen molar-refractivity contribution in [2.24, 2.45) is 0 Å². The molecule has 7 heteroatoms. The Morgan fingerprint density at radius 2 is 1.75 bits per heavy atom. The van der Waals surface area contributed by atoms with Crippen LogP contribution in [0, 0.1) is 0 Å². The average molecular weight is 375 g/mol. The van der Waals surface area contributed by atoms with E-state index in [0.717, 1.165) is 17.0 Å². The van der Waals surface area contributed by atoms with Crippen molar-refractivity contribution in [1.29, 1.82) is 0 Å². The van der Waals surface area contributed by atoms with E-state index in [9.17, 15) is 9.59 Å². The van der Waals surface area contributed by atoms with E-state index in [4.69, 9.17) is 0 Å². The van der Waals surface area contributed by atoms with E-state index < -0.39 is 0 Å². The van der Waals surface area contributed by atoms with Crippen LogP contribution < -0.4 is 10.6 Å². The fourth-order valence-electron chi connectivity index (χ4n) is 2.87. The smallest absolute Gasteiger partial charge is 0.243 e. The number of hydrogen-bond donors (Lipinski definition) is 3. The summed E-state index contributed by atoms with van der Waals surface area (Å²) in [5, 5.41) is 12.6. The Morgan fingerprint density at radius 3 is 2.46 bits per heavy atom. The highest BCUT2D eigenvalue weighted by atomic mass is 16.2. The van der Waals surface area contributed by atoms with Gasteiger partial charge in [0.25, 0.3) is 0 Å². The molecule has 3 N–H and O–H groups in total. The largest absolute Gasteiger partial charge is 0.347 e. The van der Waals surface area contributed by atoms with Crippen LogP contribution in [0.15, 0.2) is 54.6 Å². The van der Waals surface area contributed by atoms with Crippen molar-refractivity contribution in [3.63, 3.8) is 0 Å². The summed E-state index contributed by atoms with van der Waals surface area (Å²) in [5.41, 5.74) is 2.45. The molecule has 28 heavy (non-hydrogen) atoms. The maximum absolute atomic E-state index is 12.1. The molecule has 4 rings (SSSR count). The summed E-state index contributed by atoms with van der Waals surface area (Å²) in [4.78, 5) is 28.5. The van der Waals surface area contributed by atoms with Crippen LogP contribution in [-0.4, -0.2) is 33.5 Å². The van der Waals surface area contributed by atoms with E-state index in [2.05, 4.69) is 25.8 Å². The number of nitrogens with zero attached hydrogens (tertiary/aromatic N) is 2. The molecule has 142 valence electrons. The molecule has 1 heterocycles. The standard InChI is InChI=1S/C21H21N5O2/c27-18(12-14-4-2-1-3-5-14)22-13-19(28)23-17-10-8-16(9-11-17)21-24-20(25-26-21)15-6-7-15/h1-5,8-11,15H,6-7,12-13H2,(H,22,27)(H,23,28)(H,24,25,26). The van der Waals surface area contributed by atoms with E-state index >= 15 is 0 Å². The molecule has 1 aliphatic carbocycles. The van der Waals surface area contributed by atoms with Crippen LogP contribution in [0.3, 0.4) is 0 Å². The van der Waals surface area contributed by atoms with E-state index in [-0.39, 0.29) is 24.8 Å². The number of aromatic nitrogens is 3. The fourth-order valence-corrected chi connectivity index (χ4v) is 2.87. The van der Waals surface area contributed by atoms with Gasteiger partial charge in [0.15, 0.2) is 5.82 Å². The molecule has 0 atom stereocenters. The molecular weight excluding hydrogens is 354 g/mol. The molecular formula is C21H21N5O2. The van der Waals surface area contributed by atoms with Gasteiger partial charge >= 0.3 is 0 Å². The van der Waals surface area contributed by atoms with Crippen LogP contribution >= 0.6 is 0 Å². The normalized spacial score (nSPS) is 13.1. The van der Waals surface area contributed by atoms with Crippen molar-refractivity contribution in [3.8, 4) is 11.4 Å². The van der Waals surface area contributed by atoms with Gasteiger partial charge in [-0.1, -0.05) is 30.3 Å². The number of amides is 2. The first kappa shape index (κ1) is 17.9. The molecule has 1 fully saturated rings. The minimum Gasteiger partial charge on any atom is -0.347 e. The molecule has 0 radical (unpaired) electrons. The van der Waals surface area contributed by atoms with Crippen molar-refractivity contribution >= 4 is 17.5 Å². The van der Waals surface area contributed by atoms with Crippen molar-refractivity contribution in [2.45, 2.75) is 25.2 Å². The second-order valence-corrected chi connectivity index (χ2v) is 6.88. The van der Waals surface area contributed by atoms with Gasteiger partial charge in [0.05, 0.1) is 13.0 Å². The second kappa shape index (κ2) is 8.04. The Bertz CT molecular complexity index is 962. The number of carbonyl (C=O) groups excluding carboxylic acids is 2. The molecule has 0 unspecified atom stereocenters. The minimum absolute atomic E-state index is 0.0703. The minimum atomic E-state index is -0.275. The third kappa shape index (κ3) is 4.62. The lowest BCUT2D eigenvalue weighted by Gasteiger charge is -2.07. The van der Waals surface area contributed by atoms with Gasteiger partial charge < -0.3 is 10.6 Å². The lowest BCUT2D eigenvalue weighted by molar-refractivity contribution is -0.123. The highest BCUT2D eigenvalue weighted by Gasteiger charge is 2.27. The molecule has 2 aromatic carbocycles. The molecule has 1 aliphatic rings. The Morgan fingerprint density at radius 1 is 1.00 bits per heavy atom. The molecule has 0 bridgehead atoms. The molecule has 1 saturated carbocycles.